The lowest BCUT2D eigenvalue weighted by Gasteiger charge is -2.06. The lowest BCUT2D eigenvalue weighted by atomic mass is 9.97. The molecule has 0 spiro atoms. The summed E-state index contributed by atoms with van der Waals surface area (Å²) >= 11 is 3.81. The third-order valence-corrected chi connectivity index (χ3v) is 15.1. The van der Waals surface area contributed by atoms with Crippen molar-refractivity contribution in [3.05, 3.63) is 169 Å². The topological polar surface area (TPSA) is 8.82 Å². The van der Waals surface area contributed by atoms with E-state index in [2.05, 4.69) is 180 Å². The molecular formula is C54H32N2S2. The van der Waals surface area contributed by atoms with Crippen LogP contribution in [0.1, 0.15) is 12.5 Å². The van der Waals surface area contributed by atoms with Gasteiger partial charge in [-0.2, -0.15) is 0 Å². The molecule has 0 unspecified atom stereocenters. The van der Waals surface area contributed by atoms with Gasteiger partial charge in [0.15, 0.2) is 0 Å². The van der Waals surface area contributed by atoms with E-state index < -0.39 is 0 Å². The standard InChI is InChI=1S/C54H32N2S2/c1-2-3-4-6-13-30-24-37-35-28-44-36(29-43(35)55-41-20-22-47-51(49(41)39(25-30)53(37)55)33-16-9-11-18-45(33)57-47)38-26-32(31-14-7-5-8-15-31)27-40-50-42(56(44)54(38)40)21-23-48-52(50)34-17-10-12-19-46(34)58-48/h2-12,14-29H,13H2,1H3/b3-2-,6-4-. The molecule has 0 aliphatic carbocycles. The molecule has 0 bridgehead atoms. The fourth-order valence-corrected chi connectivity index (χ4v) is 12.8. The van der Waals surface area contributed by atoms with Gasteiger partial charge in [-0.05, 0) is 103 Å². The predicted octanol–water partition coefficient (Wildman–Crippen LogP) is 16.1. The minimum atomic E-state index is 0.877. The summed E-state index contributed by atoms with van der Waals surface area (Å²) in [5, 5.41) is 16.1. The van der Waals surface area contributed by atoms with Gasteiger partial charge >= 0.3 is 0 Å². The maximum atomic E-state index is 2.59. The highest BCUT2D eigenvalue weighted by Gasteiger charge is 2.26. The van der Waals surface area contributed by atoms with Crippen LogP contribution in [0.15, 0.2) is 164 Å². The highest BCUT2D eigenvalue weighted by molar-refractivity contribution is 7.26. The van der Waals surface area contributed by atoms with Gasteiger partial charge in [0.05, 0.1) is 33.1 Å². The highest BCUT2D eigenvalue weighted by atomic mass is 32.1. The summed E-state index contributed by atoms with van der Waals surface area (Å²) in [5.74, 6) is 0. The molecule has 0 saturated carbocycles. The summed E-state index contributed by atoms with van der Waals surface area (Å²) in [7, 11) is 0. The van der Waals surface area contributed by atoms with Gasteiger partial charge in [0.1, 0.15) is 0 Å². The molecule has 0 saturated heterocycles. The van der Waals surface area contributed by atoms with Crippen LogP contribution < -0.4 is 0 Å². The van der Waals surface area contributed by atoms with E-state index in [-0.39, 0.29) is 0 Å². The zero-order valence-electron chi connectivity index (χ0n) is 31.5. The van der Waals surface area contributed by atoms with Crippen molar-refractivity contribution in [2.75, 3.05) is 0 Å². The molecule has 0 radical (unpaired) electrons. The highest BCUT2D eigenvalue weighted by Crippen LogP contribution is 2.50. The van der Waals surface area contributed by atoms with Crippen molar-refractivity contribution in [1.29, 1.82) is 0 Å². The van der Waals surface area contributed by atoms with Crippen LogP contribution in [0, 0.1) is 0 Å². The van der Waals surface area contributed by atoms with Crippen LogP contribution in [0.3, 0.4) is 0 Å². The molecule has 2 nitrogen and oxygen atoms in total. The van der Waals surface area contributed by atoms with Crippen LogP contribution in [0.4, 0.5) is 0 Å². The Bertz CT molecular complexity index is 4110. The van der Waals surface area contributed by atoms with E-state index in [0.29, 0.717) is 0 Å². The smallest absolute Gasteiger partial charge is 0.0621 e. The number of aromatic nitrogens is 2. The van der Waals surface area contributed by atoms with E-state index in [1.807, 2.05) is 22.7 Å². The summed E-state index contributed by atoms with van der Waals surface area (Å²) in [6.07, 6.45) is 9.56. The van der Waals surface area contributed by atoms with Gasteiger partial charge in [0.2, 0.25) is 0 Å². The van der Waals surface area contributed by atoms with Crippen LogP contribution in [-0.4, -0.2) is 8.80 Å². The van der Waals surface area contributed by atoms with E-state index in [9.17, 15) is 0 Å². The van der Waals surface area contributed by atoms with Crippen LogP contribution >= 0.6 is 22.7 Å². The van der Waals surface area contributed by atoms with Crippen LogP contribution in [0.2, 0.25) is 0 Å². The van der Waals surface area contributed by atoms with Crippen molar-refractivity contribution in [3.63, 3.8) is 0 Å². The van der Waals surface area contributed by atoms with Crippen molar-refractivity contribution in [2.45, 2.75) is 13.3 Å². The van der Waals surface area contributed by atoms with Crippen molar-refractivity contribution < 1.29 is 0 Å². The molecule has 0 aliphatic heterocycles. The average molecular weight is 773 g/mol. The van der Waals surface area contributed by atoms with Gasteiger partial charge in [-0.25, -0.2) is 0 Å². The van der Waals surface area contributed by atoms with E-state index in [1.165, 1.54) is 133 Å². The Hall–Kier alpha value is -6.72. The molecule has 0 aliphatic rings. The first-order valence-electron chi connectivity index (χ1n) is 20.1. The number of benzene rings is 8. The second kappa shape index (κ2) is 11.2. The number of nitrogens with zero attached hydrogens (tertiary/aromatic N) is 2. The molecular weight excluding hydrogens is 741 g/mol. The van der Waals surface area contributed by atoms with Gasteiger partial charge in [-0.3, -0.25) is 0 Å². The van der Waals surface area contributed by atoms with Gasteiger partial charge in [-0.1, -0.05) is 91.0 Å². The van der Waals surface area contributed by atoms with E-state index in [0.717, 1.165) is 6.42 Å². The number of thiophene rings is 2. The fraction of sp³-hybridized carbons (Fsp3) is 0.0370. The molecule has 0 fully saturated rings. The molecule has 0 amide bonds. The van der Waals surface area contributed by atoms with Gasteiger partial charge in [0.25, 0.3) is 0 Å². The Morgan fingerprint density at radius 2 is 0.948 bits per heavy atom. The van der Waals surface area contributed by atoms with Gasteiger partial charge < -0.3 is 8.80 Å². The molecule has 8 aromatic carbocycles. The van der Waals surface area contributed by atoms with E-state index in [4.69, 9.17) is 0 Å². The summed E-state index contributed by atoms with van der Waals surface area (Å²) in [6, 6.07) is 53.2. The summed E-state index contributed by atoms with van der Waals surface area (Å²) in [6.45, 7) is 2.07. The zero-order chi connectivity index (χ0) is 37.8. The van der Waals surface area contributed by atoms with Gasteiger partial charge in [0, 0.05) is 83.4 Å². The number of rotatable bonds is 4. The molecule has 6 aromatic heterocycles. The fourth-order valence-electron chi connectivity index (χ4n) is 10.6. The molecule has 6 heterocycles. The molecule has 14 aromatic rings. The van der Waals surface area contributed by atoms with Crippen molar-refractivity contribution >= 4 is 139 Å². The van der Waals surface area contributed by atoms with Crippen LogP contribution in [-0.2, 0) is 6.42 Å². The SMILES string of the molecule is C/C=C\C=C/Cc1cc2c3cc4c(cc3n3c5ccc6sc7ccccc7c6c5c(c1)c23)c1cc(-c2ccccc2)cc2c3c5c(ccc3n4c12)sc1ccccc15. The second-order valence-electron chi connectivity index (χ2n) is 15.9. The Kier molecular flexibility index (Phi) is 6.07. The molecule has 58 heavy (non-hydrogen) atoms. The van der Waals surface area contributed by atoms with Crippen molar-refractivity contribution in [2.24, 2.45) is 0 Å². The normalized spacial score (nSPS) is 13.2. The summed E-state index contributed by atoms with van der Waals surface area (Å²) in [5.41, 5.74) is 11.6. The summed E-state index contributed by atoms with van der Waals surface area (Å²) < 4.78 is 10.6. The van der Waals surface area contributed by atoms with Crippen LogP contribution in [0.25, 0.3) is 128 Å². The first-order chi connectivity index (χ1) is 28.7. The third-order valence-electron chi connectivity index (χ3n) is 12.9. The number of fused-ring (bicyclic) bond motifs is 20. The first-order valence-corrected chi connectivity index (χ1v) is 21.7. The van der Waals surface area contributed by atoms with Crippen molar-refractivity contribution in [1.82, 2.24) is 8.80 Å². The van der Waals surface area contributed by atoms with E-state index in [1.54, 1.807) is 0 Å². The minimum absolute atomic E-state index is 0.877. The molecule has 4 heteroatoms. The largest absolute Gasteiger partial charge is 0.308 e. The lowest BCUT2D eigenvalue weighted by Crippen LogP contribution is -1.84. The number of hydrogen-bond donors (Lipinski definition) is 0. The minimum Gasteiger partial charge on any atom is -0.308 e. The Morgan fingerprint density at radius 1 is 0.414 bits per heavy atom. The predicted molar refractivity (Wildman–Crippen MR) is 255 cm³/mol. The first kappa shape index (κ1) is 31.4. The number of allylic oxidation sites excluding steroid dienone is 4. The Balaban J connectivity index is 1.18. The number of hydrogen-bond acceptors (Lipinski definition) is 2. The van der Waals surface area contributed by atoms with Crippen molar-refractivity contribution in [3.8, 4) is 11.1 Å². The second-order valence-corrected chi connectivity index (χ2v) is 18.1. The maximum Gasteiger partial charge on any atom is 0.0621 e. The average Bonchev–Trinajstić information content (AvgIpc) is 4.10. The quantitative estimate of drug-likeness (QED) is 0.158. The van der Waals surface area contributed by atoms with Gasteiger partial charge in [-0.15, -0.1) is 22.7 Å². The third kappa shape index (κ3) is 3.92. The monoisotopic (exact) mass is 772 g/mol. The Labute approximate surface area is 340 Å². The van der Waals surface area contributed by atoms with E-state index >= 15 is 0 Å². The van der Waals surface area contributed by atoms with Crippen LogP contribution in [0.5, 0.6) is 0 Å². The maximum absolute atomic E-state index is 2.59. The summed E-state index contributed by atoms with van der Waals surface area (Å²) in [4.78, 5) is 0. The zero-order valence-corrected chi connectivity index (χ0v) is 33.1. The molecule has 0 N–H and O–H groups in total. The Morgan fingerprint density at radius 3 is 1.57 bits per heavy atom. The molecule has 270 valence electrons. The lowest BCUT2D eigenvalue weighted by molar-refractivity contribution is 1.29. The molecule has 0 atom stereocenters. The molecule has 14 rings (SSSR count).